The van der Waals surface area contributed by atoms with Gasteiger partial charge in [-0.2, -0.15) is 0 Å². The molecule has 0 aliphatic carbocycles. The molecule has 2 aromatic rings. The van der Waals surface area contributed by atoms with Crippen LogP contribution >= 0.6 is 11.6 Å². The molecule has 2 aliphatic rings. The molecule has 2 aliphatic heterocycles. The standard InChI is InChI=1S/C20H19ClN2O4/c21-16-12-15(13-17-18(16)27-11-10-26-17)20(25)23-8-6-22(7-9-23)19(24)14-4-2-1-3-5-14/h1-5,12-13H,6-11H2. The van der Waals surface area contributed by atoms with Crippen LogP contribution in [0.2, 0.25) is 5.02 Å². The molecule has 6 nitrogen and oxygen atoms in total. The first-order valence-electron chi connectivity index (χ1n) is 8.86. The van der Waals surface area contributed by atoms with Gasteiger partial charge in [-0.05, 0) is 24.3 Å². The van der Waals surface area contributed by atoms with Crippen LogP contribution in [0.3, 0.4) is 0 Å². The van der Waals surface area contributed by atoms with Gasteiger partial charge in [0, 0.05) is 37.3 Å². The van der Waals surface area contributed by atoms with E-state index in [1.165, 1.54) is 0 Å². The van der Waals surface area contributed by atoms with Gasteiger partial charge < -0.3 is 19.3 Å². The quantitative estimate of drug-likeness (QED) is 0.796. The number of ether oxygens (including phenoxy) is 2. The van der Waals surface area contributed by atoms with Crippen LogP contribution in [-0.4, -0.2) is 61.0 Å². The Morgan fingerprint density at radius 2 is 1.41 bits per heavy atom. The van der Waals surface area contributed by atoms with Crippen LogP contribution in [0.25, 0.3) is 0 Å². The number of rotatable bonds is 2. The number of halogens is 1. The van der Waals surface area contributed by atoms with Crippen molar-refractivity contribution in [1.29, 1.82) is 0 Å². The summed E-state index contributed by atoms with van der Waals surface area (Å²) in [6.45, 7) is 2.82. The molecular weight excluding hydrogens is 368 g/mol. The minimum absolute atomic E-state index is 0.00919. The van der Waals surface area contributed by atoms with Crippen LogP contribution in [0.5, 0.6) is 11.5 Å². The van der Waals surface area contributed by atoms with Crippen molar-refractivity contribution >= 4 is 23.4 Å². The molecule has 0 radical (unpaired) electrons. The smallest absolute Gasteiger partial charge is 0.254 e. The van der Waals surface area contributed by atoms with Crippen molar-refractivity contribution < 1.29 is 19.1 Å². The monoisotopic (exact) mass is 386 g/mol. The van der Waals surface area contributed by atoms with Crippen molar-refractivity contribution in [3.8, 4) is 11.5 Å². The molecule has 7 heteroatoms. The van der Waals surface area contributed by atoms with Gasteiger partial charge in [0.25, 0.3) is 11.8 Å². The lowest BCUT2D eigenvalue weighted by atomic mass is 10.1. The van der Waals surface area contributed by atoms with Gasteiger partial charge in [-0.1, -0.05) is 29.8 Å². The fourth-order valence-corrected chi connectivity index (χ4v) is 3.56. The summed E-state index contributed by atoms with van der Waals surface area (Å²) in [6.07, 6.45) is 0. The molecule has 0 atom stereocenters. The van der Waals surface area contributed by atoms with E-state index in [1.807, 2.05) is 18.2 Å². The highest BCUT2D eigenvalue weighted by molar-refractivity contribution is 6.32. The maximum absolute atomic E-state index is 12.9. The van der Waals surface area contributed by atoms with Gasteiger partial charge in [0.05, 0.1) is 5.02 Å². The van der Waals surface area contributed by atoms with Crippen LogP contribution in [-0.2, 0) is 0 Å². The van der Waals surface area contributed by atoms with Crippen molar-refractivity contribution in [2.45, 2.75) is 0 Å². The van der Waals surface area contributed by atoms with E-state index in [2.05, 4.69) is 0 Å². The fourth-order valence-electron chi connectivity index (χ4n) is 3.29. The number of hydrogen-bond donors (Lipinski definition) is 0. The van der Waals surface area contributed by atoms with Gasteiger partial charge in [0.1, 0.15) is 13.2 Å². The van der Waals surface area contributed by atoms with E-state index in [1.54, 1.807) is 34.1 Å². The Kier molecular flexibility index (Phi) is 4.90. The van der Waals surface area contributed by atoms with Gasteiger partial charge in [-0.15, -0.1) is 0 Å². The molecule has 2 aromatic carbocycles. The minimum Gasteiger partial charge on any atom is -0.486 e. The van der Waals surface area contributed by atoms with Gasteiger partial charge in [-0.25, -0.2) is 0 Å². The third kappa shape index (κ3) is 3.57. The summed E-state index contributed by atoms with van der Waals surface area (Å²) in [5.41, 5.74) is 1.13. The van der Waals surface area contributed by atoms with Crippen molar-refractivity contribution in [3.05, 3.63) is 58.6 Å². The second kappa shape index (κ2) is 7.48. The first kappa shape index (κ1) is 17.7. The Labute approximate surface area is 162 Å². The van der Waals surface area contributed by atoms with E-state index < -0.39 is 0 Å². The average Bonchev–Trinajstić information content (AvgIpc) is 2.73. The molecule has 0 N–H and O–H groups in total. The Morgan fingerprint density at radius 3 is 2.07 bits per heavy atom. The molecule has 0 bridgehead atoms. The molecule has 27 heavy (non-hydrogen) atoms. The van der Waals surface area contributed by atoms with Crippen LogP contribution < -0.4 is 9.47 Å². The topological polar surface area (TPSA) is 59.1 Å². The lowest BCUT2D eigenvalue weighted by Crippen LogP contribution is -2.50. The molecule has 2 heterocycles. The van der Waals surface area contributed by atoms with Crippen molar-refractivity contribution in [2.75, 3.05) is 39.4 Å². The van der Waals surface area contributed by atoms with E-state index >= 15 is 0 Å². The maximum Gasteiger partial charge on any atom is 0.254 e. The first-order chi connectivity index (χ1) is 13.1. The number of carbonyl (C=O) groups is 2. The largest absolute Gasteiger partial charge is 0.486 e. The lowest BCUT2D eigenvalue weighted by molar-refractivity contribution is 0.0535. The first-order valence-corrected chi connectivity index (χ1v) is 9.24. The van der Waals surface area contributed by atoms with Gasteiger partial charge in [0.15, 0.2) is 11.5 Å². The van der Waals surface area contributed by atoms with E-state index in [-0.39, 0.29) is 11.8 Å². The predicted octanol–water partition coefficient (Wildman–Crippen LogP) is 2.71. The van der Waals surface area contributed by atoms with Gasteiger partial charge in [-0.3, -0.25) is 9.59 Å². The molecule has 2 amide bonds. The average molecular weight is 387 g/mol. The molecule has 0 saturated carbocycles. The summed E-state index contributed by atoms with van der Waals surface area (Å²) >= 11 is 6.23. The highest BCUT2D eigenvalue weighted by Gasteiger charge is 2.27. The third-order valence-corrected chi connectivity index (χ3v) is 5.00. The van der Waals surface area contributed by atoms with E-state index in [0.717, 1.165) is 0 Å². The summed E-state index contributed by atoms with van der Waals surface area (Å²) in [5, 5.41) is 0.369. The molecular formula is C20H19ClN2O4. The highest BCUT2D eigenvalue weighted by Crippen LogP contribution is 2.38. The number of benzene rings is 2. The Bertz CT molecular complexity index is 864. The SMILES string of the molecule is O=C(c1ccccc1)N1CCN(C(=O)c2cc(Cl)c3c(c2)OCCO3)CC1. The zero-order chi connectivity index (χ0) is 18.8. The number of piperazine rings is 1. The van der Waals surface area contributed by atoms with E-state index in [0.29, 0.717) is 67.0 Å². The minimum atomic E-state index is -0.124. The number of carbonyl (C=O) groups excluding carboxylic acids is 2. The molecule has 1 fully saturated rings. The number of amides is 2. The molecule has 0 unspecified atom stereocenters. The Morgan fingerprint density at radius 1 is 0.815 bits per heavy atom. The van der Waals surface area contributed by atoms with Crippen LogP contribution in [0.1, 0.15) is 20.7 Å². The number of nitrogens with zero attached hydrogens (tertiary/aromatic N) is 2. The second-order valence-corrected chi connectivity index (χ2v) is 6.84. The fraction of sp³-hybridized carbons (Fsp3) is 0.300. The van der Waals surface area contributed by atoms with E-state index in [4.69, 9.17) is 21.1 Å². The zero-order valence-electron chi connectivity index (χ0n) is 14.7. The van der Waals surface area contributed by atoms with Gasteiger partial charge in [0.2, 0.25) is 0 Å². The molecule has 0 spiro atoms. The maximum atomic E-state index is 12.9. The number of fused-ring (bicyclic) bond motifs is 1. The third-order valence-electron chi connectivity index (χ3n) is 4.72. The lowest BCUT2D eigenvalue weighted by Gasteiger charge is -2.35. The van der Waals surface area contributed by atoms with Crippen molar-refractivity contribution in [2.24, 2.45) is 0 Å². The van der Waals surface area contributed by atoms with E-state index in [9.17, 15) is 9.59 Å². The van der Waals surface area contributed by atoms with Gasteiger partial charge >= 0.3 is 0 Å². The molecule has 0 aromatic heterocycles. The normalized spacial score (nSPS) is 16.2. The predicted molar refractivity (Wildman–Crippen MR) is 101 cm³/mol. The summed E-state index contributed by atoms with van der Waals surface area (Å²) < 4.78 is 11.0. The molecule has 140 valence electrons. The Hall–Kier alpha value is -2.73. The highest BCUT2D eigenvalue weighted by atomic mass is 35.5. The molecule has 1 saturated heterocycles. The summed E-state index contributed by atoms with van der Waals surface area (Å²) in [5.74, 6) is 0.846. The van der Waals surface area contributed by atoms with Crippen molar-refractivity contribution in [3.63, 3.8) is 0 Å². The molecule has 4 rings (SSSR count). The second-order valence-electron chi connectivity index (χ2n) is 6.43. The summed E-state index contributed by atoms with van der Waals surface area (Å²) in [4.78, 5) is 28.9. The summed E-state index contributed by atoms with van der Waals surface area (Å²) in [6, 6.07) is 12.5. The zero-order valence-corrected chi connectivity index (χ0v) is 15.4. The van der Waals surface area contributed by atoms with Crippen LogP contribution in [0.4, 0.5) is 0 Å². The number of hydrogen-bond acceptors (Lipinski definition) is 4. The summed E-state index contributed by atoms with van der Waals surface area (Å²) in [7, 11) is 0. The Balaban J connectivity index is 1.43. The van der Waals surface area contributed by atoms with Crippen molar-refractivity contribution in [1.82, 2.24) is 9.80 Å². The van der Waals surface area contributed by atoms with Crippen LogP contribution in [0, 0.1) is 0 Å². The van der Waals surface area contributed by atoms with Crippen LogP contribution in [0.15, 0.2) is 42.5 Å².